The van der Waals surface area contributed by atoms with Gasteiger partial charge in [-0.1, -0.05) is 6.07 Å². The minimum atomic E-state index is -0.431. The molecule has 6 rings (SSSR count). The fraction of sp³-hybridized carbons (Fsp3) is 0.273. The molecule has 166 valence electrons. The minimum absolute atomic E-state index is 0.159. The molecule has 0 radical (unpaired) electrons. The highest BCUT2D eigenvalue weighted by molar-refractivity contribution is 6.04. The highest BCUT2D eigenvalue weighted by Crippen LogP contribution is 2.40. The third kappa shape index (κ3) is 3.52. The molecule has 1 aliphatic heterocycles. The quantitative estimate of drug-likeness (QED) is 0.477. The van der Waals surface area contributed by atoms with Crippen LogP contribution in [0.1, 0.15) is 41.0 Å². The van der Waals surface area contributed by atoms with Crippen molar-refractivity contribution in [1.82, 2.24) is 34.7 Å². The molecule has 1 fully saturated rings. The van der Waals surface area contributed by atoms with E-state index in [0.717, 1.165) is 11.4 Å². The summed E-state index contributed by atoms with van der Waals surface area (Å²) in [7, 11) is 0. The summed E-state index contributed by atoms with van der Waals surface area (Å²) in [5.41, 5.74) is 3.24. The first-order valence-electron chi connectivity index (χ1n) is 10.7. The number of nitrogens with zero attached hydrogens (tertiary/aromatic N) is 7. The Kier molecular flexibility index (Phi) is 4.61. The zero-order chi connectivity index (χ0) is 22.4. The van der Waals surface area contributed by atoms with Gasteiger partial charge in [0.15, 0.2) is 11.6 Å². The van der Waals surface area contributed by atoms with Crippen LogP contribution in [0.5, 0.6) is 5.75 Å². The summed E-state index contributed by atoms with van der Waals surface area (Å²) in [4.78, 5) is 21.8. The van der Waals surface area contributed by atoms with Crippen molar-refractivity contribution in [3.05, 3.63) is 60.4 Å². The van der Waals surface area contributed by atoms with Crippen LogP contribution in [0.25, 0.3) is 17.1 Å². The number of aromatic nitrogens is 7. The number of tetrazole rings is 1. The predicted molar refractivity (Wildman–Crippen MR) is 116 cm³/mol. The zero-order valence-corrected chi connectivity index (χ0v) is 17.5. The molecule has 4 heterocycles. The molecule has 0 bridgehead atoms. The first-order valence-corrected chi connectivity index (χ1v) is 10.7. The Morgan fingerprint density at radius 1 is 1.24 bits per heavy atom. The molecule has 4 aromatic rings. The number of hydrogen-bond acceptors (Lipinski definition) is 8. The molecule has 1 aromatic carbocycles. The normalized spacial score (nSPS) is 16.9. The van der Waals surface area contributed by atoms with Crippen LogP contribution in [0, 0.1) is 0 Å². The van der Waals surface area contributed by atoms with Gasteiger partial charge in [0.05, 0.1) is 35.6 Å². The van der Waals surface area contributed by atoms with Crippen LogP contribution in [0.4, 0.5) is 5.69 Å². The van der Waals surface area contributed by atoms with E-state index in [2.05, 4.69) is 30.8 Å². The molecule has 1 aliphatic carbocycles. The molecular formula is C22H20N8O3. The number of ether oxygens (including phenoxy) is 1. The maximum Gasteiger partial charge on any atom is 0.274 e. The van der Waals surface area contributed by atoms with E-state index in [1.54, 1.807) is 30.7 Å². The number of para-hydroxylation sites is 1. The Labute approximate surface area is 188 Å². The number of anilines is 1. The number of fused-ring (bicyclic) bond motifs is 3. The Morgan fingerprint density at radius 2 is 2.15 bits per heavy atom. The van der Waals surface area contributed by atoms with Crippen molar-refractivity contribution in [2.24, 2.45) is 0 Å². The molecule has 2 N–H and O–H groups in total. The molecule has 0 spiro atoms. The van der Waals surface area contributed by atoms with Crippen LogP contribution < -0.4 is 10.1 Å². The van der Waals surface area contributed by atoms with E-state index in [-0.39, 0.29) is 24.8 Å². The van der Waals surface area contributed by atoms with Gasteiger partial charge >= 0.3 is 0 Å². The zero-order valence-electron chi connectivity index (χ0n) is 17.5. The molecular weight excluding hydrogens is 424 g/mol. The van der Waals surface area contributed by atoms with Gasteiger partial charge in [0.2, 0.25) is 0 Å². The Hall–Kier alpha value is -4.12. The standard InChI is InChI=1S/C22H20N8O3/c31-10-15-11-33-20-16(21-26-27-28-30(15)21)2-1-3-17(20)25-22(32)18-8-14(6-7-23-18)29-9-19(24-12-29)13-4-5-13/h1-3,6-9,12-13,15,31H,4-5,10-11H2,(H,25,32)/t15-/m0/s1. The van der Waals surface area contributed by atoms with Gasteiger partial charge in [0.1, 0.15) is 18.3 Å². The van der Waals surface area contributed by atoms with E-state index in [1.165, 1.54) is 17.5 Å². The number of carbonyl (C=O) groups excluding carboxylic acids is 1. The lowest BCUT2D eigenvalue weighted by atomic mass is 10.1. The van der Waals surface area contributed by atoms with Crippen molar-refractivity contribution in [2.75, 3.05) is 18.5 Å². The number of aliphatic hydroxyl groups is 1. The van der Waals surface area contributed by atoms with E-state index >= 15 is 0 Å². The second kappa shape index (κ2) is 7.78. The van der Waals surface area contributed by atoms with Crippen LogP contribution in [0.2, 0.25) is 0 Å². The van der Waals surface area contributed by atoms with E-state index in [1.807, 2.05) is 22.9 Å². The van der Waals surface area contributed by atoms with E-state index in [4.69, 9.17) is 4.74 Å². The van der Waals surface area contributed by atoms with Gasteiger partial charge < -0.3 is 19.7 Å². The van der Waals surface area contributed by atoms with Crippen LogP contribution in [-0.2, 0) is 0 Å². The monoisotopic (exact) mass is 444 g/mol. The van der Waals surface area contributed by atoms with Gasteiger partial charge in [-0.15, -0.1) is 5.10 Å². The van der Waals surface area contributed by atoms with E-state index in [0.29, 0.717) is 28.7 Å². The van der Waals surface area contributed by atoms with E-state index in [9.17, 15) is 9.90 Å². The summed E-state index contributed by atoms with van der Waals surface area (Å²) in [6, 6.07) is 8.46. The molecule has 11 heteroatoms. The predicted octanol–water partition coefficient (Wildman–Crippen LogP) is 1.98. The average molecular weight is 444 g/mol. The molecule has 33 heavy (non-hydrogen) atoms. The van der Waals surface area contributed by atoms with Crippen molar-refractivity contribution < 1.29 is 14.6 Å². The van der Waals surface area contributed by atoms with Crippen molar-refractivity contribution in [1.29, 1.82) is 0 Å². The van der Waals surface area contributed by atoms with Crippen LogP contribution in [0.3, 0.4) is 0 Å². The number of carbonyl (C=O) groups is 1. The second-order valence-corrected chi connectivity index (χ2v) is 8.11. The molecule has 1 saturated carbocycles. The summed E-state index contributed by atoms with van der Waals surface area (Å²) in [6.45, 7) is -0.0206. The lowest BCUT2D eigenvalue weighted by Gasteiger charge is -2.14. The highest BCUT2D eigenvalue weighted by atomic mass is 16.5. The van der Waals surface area contributed by atoms with Crippen LogP contribution in [-0.4, -0.2) is 59.0 Å². The first kappa shape index (κ1) is 19.6. The summed E-state index contributed by atoms with van der Waals surface area (Å²) >= 11 is 0. The topological polar surface area (TPSA) is 133 Å². The molecule has 0 saturated heterocycles. The number of amides is 1. The molecule has 2 aliphatic rings. The van der Waals surface area contributed by atoms with Crippen LogP contribution >= 0.6 is 0 Å². The highest BCUT2D eigenvalue weighted by Gasteiger charge is 2.28. The maximum atomic E-state index is 13.1. The van der Waals surface area contributed by atoms with Gasteiger partial charge in [-0.3, -0.25) is 9.78 Å². The van der Waals surface area contributed by atoms with Crippen molar-refractivity contribution >= 4 is 11.6 Å². The van der Waals surface area contributed by atoms with Gasteiger partial charge in [0.25, 0.3) is 5.91 Å². The fourth-order valence-electron chi connectivity index (χ4n) is 3.92. The lowest BCUT2D eigenvalue weighted by molar-refractivity contribution is 0.102. The second-order valence-electron chi connectivity index (χ2n) is 8.11. The summed E-state index contributed by atoms with van der Waals surface area (Å²) < 4.78 is 9.38. The average Bonchev–Trinajstić information content (AvgIpc) is 3.42. The first-order chi connectivity index (χ1) is 16.2. The molecule has 3 aromatic heterocycles. The third-order valence-corrected chi connectivity index (χ3v) is 5.85. The largest absolute Gasteiger partial charge is 0.488 e. The number of benzene rings is 1. The van der Waals surface area contributed by atoms with Crippen molar-refractivity contribution in [3.63, 3.8) is 0 Å². The van der Waals surface area contributed by atoms with Crippen molar-refractivity contribution in [2.45, 2.75) is 24.8 Å². The smallest absolute Gasteiger partial charge is 0.274 e. The SMILES string of the molecule is O=C(Nc1cccc2c1OC[C@H](CO)n1nnnc1-2)c1cc(-n2cnc(C3CC3)c2)ccn1. The number of aliphatic hydroxyl groups excluding tert-OH is 1. The summed E-state index contributed by atoms with van der Waals surface area (Å²) in [5.74, 6) is 1.08. The fourth-order valence-corrected chi connectivity index (χ4v) is 3.92. The van der Waals surface area contributed by atoms with Gasteiger partial charge in [0, 0.05) is 18.3 Å². The number of hydrogen-bond donors (Lipinski definition) is 2. The van der Waals surface area contributed by atoms with E-state index < -0.39 is 6.04 Å². The summed E-state index contributed by atoms with van der Waals surface area (Å²) in [5, 5.41) is 24.4. The van der Waals surface area contributed by atoms with Gasteiger partial charge in [-0.2, -0.15) is 0 Å². The molecule has 11 nitrogen and oxygen atoms in total. The lowest BCUT2D eigenvalue weighted by Crippen LogP contribution is -2.21. The number of pyridine rings is 1. The van der Waals surface area contributed by atoms with Crippen molar-refractivity contribution in [3.8, 4) is 22.8 Å². The molecule has 0 unspecified atom stereocenters. The Morgan fingerprint density at radius 3 is 3.00 bits per heavy atom. The number of rotatable bonds is 5. The number of imidazole rings is 1. The molecule has 1 amide bonds. The Bertz CT molecular complexity index is 1340. The number of nitrogens with one attached hydrogen (secondary N) is 1. The van der Waals surface area contributed by atoms with Gasteiger partial charge in [-0.25, -0.2) is 9.67 Å². The summed E-state index contributed by atoms with van der Waals surface area (Å²) in [6.07, 6.45) is 7.72. The van der Waals surface area contributed by atoms with Gasteiger partial charge in [-0.05, 0) is 47.5 Å². The Balaban J connectivity index is 1.29. The third-order valence-electron chi connectivity index (χ3n) is 5.85. The minimum Gasteiger partial charge on any atom is -0.488 e. The molecule has 1 atom stereocenters. The van der Waals surface area contributed by atoms with Crippen LogP contribution in [0.15, 0.2) is 49.1 Å². The maximum absolute atomic E-state index is 13.1.